The number of rotatable bonds is 7. The van der Waals surface area contributed by atoms with Crippen LogP contribution in [-0.2, 0) is 20.8 Å². The molecule has 0 fully saturated rings. The molecule has 40 heavy (non-hydrogen) atoms. The van der Waals surface area contributed by atoms with Gasteiger partial charge in [-0.15, -0.1) is 13.2 Å². The molecule has 1 amide bonds. The van der Waals surface area contributed by atoms with Gasteiger partial charge < -0.3 is 9.64 Å². The molecule has 0 aliphatic rings. The van der Waals surface area contributed by atoms with Gasteiger partial charge in [-0.1, -0.05) is 19.1 Å². The van der Waals surface area contributed by atoms with Crippen molar-refractivity contribution in [2.24, 2.45) is 4.99 Å². The summed E-state index contributed by atoms with van der Waals surface area (Å²) in [4.78, 5) is 24.9. The summed E-state index contributed by atoms with van der Waals surface area (Å²) >= 11 is 0. The summed E-state index contributed by atoms with van der Waals surface area (Å²) in [5.41, 5.74) is -0.753. The monoisotopic (exact) mass is 588 g/mol. The van der Waals surface area contributed by atoms with Gasteiger partial charge in [-0.2, -0.15) is 18.2 Å². The molecule has 0 saturated carbocycles. The highest BCUT2D eigenvalue weighted by Gasteiger charge is 2.32. The van der Waals surface area contributed by atoms with Crippen molar-refractivity contribution >= 4 is 27.4 Å². The molecule has 0 saturated heterocycles. The first kappa shape index (κ1) is 30.5. The van der Waals surface area contributed by atoms with E-state index in [9.17, 15) is 39.6 Å². The van der Waals surface area contributed by atoms with E-state index in [1.165, 1.54) is 36.2 Å². The van der Waals surface area contributed by atoms with Gasteiger partial charge in [0, 0.05) is 31.4 Å². The van der Waals surface area contributed by atoms with Crippen molar-refractivity contribution in [3.05, 3.63) is 66.1 Å². The number of carbonyl (C=O) groups is 1. The first-order valence-electron chi connectivity index (χ1n) is 11.5. The van der Waals surface area contributed by atoms with Gasteiger partial charge in [-0.3, -0.25) is 9.78 Å². The van der Waals surface area contributed by atoms with Gasteiger partial charge in [0.2, 0.25) is 5.91 Å². The molecule has 3 rings (SSSR count). The minimum absolute atomic E-state index is 0.0141. The lowest BCUT2D eigenvalue weighted by Gasteiger charge is -2.25. The normalized spacial score (nSPS) is 12.8. The predicted molar refractivity (Wildman–Crippen MR) is 134 cm³/mol. The van der Waals surface area contributed by atoms with Gasteiger partial charge >= 0.3 is 12.5 Å². The van der Waals surface area contributed by atoms with Crippen LogP contribution < -0.4 is 9.64 Å². The van der Waals surface area contributed by atoms with E-state index in [-0.39, 0.29) is 40.1 Å². The van der Waals surface area contributed by atoms with Crippen LogP contribution in [0.2, 0.25) is 0 Å². The molecule has 0 aliphatic carbocycles. The topological polar surface area (TPSA) is 102 Å². The second kappa shape index (κ2) is 11.6. The molecule has 0 N–H and O–H groups in total. The fourth-order valence-electron chi connectivity index (χ4n) is 3.54. The van der Waals surface area contributed by atoms with Crippen LogP contribution in [0.4, 0.5) is 32.2 Å². The zero-order valence-electron chi connectivity index (χ0n) is 21.2. The summed E-state index contributed by atoms with van der Waals surface area (Å²) in [5.74, 6) is -1.94. The van der Waals surface area contributed by atoms with Gasteiger partial charge in [0.15, 0.2) is 15.7 Å². The number of benzene rings is 1. The molecule has 0 bridgehead atoms. The highest BCUT2D eigenvalue weighted by molar-refractivity contribution is 7.91. The van der Waals surface area contributed by atoms with E-state index in [0.29, 0.717) is 11.8 Å². The van der Waals surface area contributed by atoms with E-state index in [0.717, 1.165) is 31.2 Å². The molecule has 1 aromatic carbocycles. The van der Waals surface area contributed by atoms with Crippen LogP contribution in [0.15, 0.2) is 64.7 Å². The Kier molecular flexibility index (Phi) is 8.87. The molecular weight excluding hydrogens is 566 g/mol. The Bertz CT molecular complexity index is 1500. The lowest BCUT2D eigenvalue weighted by atomic mass is 10.1. The van der Waals surface area contributed by atoms with Crippen LogP contribution in [0, 0.1) is 0 Å². The fourth-order valence-corrected chi connectivity index (χ4v) is 4.59. The van der Waals surface area contributed by atoms with E-state index in [1.54, 1.807) is 6.92 Å². The van der Waals surface area contributed by atoms with E-state index in [4.69, 9.17) is 0 Å². The van der Waals surface area contributed by atoms with Crippen LogP contribution in [0.1, 0.15) is 32.0 Å². The van der Waals surface area contributed by atoms with Gasteiger partial charge in [0.05, 0.1) is 16.2 Å². The molecule has 0 atom stereocenters. The molecule has 2 heterocycles. The van der Waals surface area contributed by atoms with Gasteiger partial charge in [0.1, 0.15) is 17.3 Å². The molecule has 8 nitrogen and oxygen atoms in total. The van der Waals surface area contributed by atoms with Crippen LogP contribution in [0.5, 0.6) is 5.75 Å². The number of amidine groups is 1. The number of pyridine rings is 2. The quantitative estimate of drug-likeness (QED) is 0.199. The summed E-state index contributed by atoms with van der Waals surface area (Å²) in [6.07, 6.45) is -7.72. The Morgan fingerprint density at radius 3 is 2.08 bits per heavy atom. The minimum atomic E-state index is -4.90. The molecule has 3 aromatic rings. The van der Waals surface area contributed by atoms with Crippen LogP contribution in [0.3, 0.4) is 0 Å². The zero-order chi connectivity index (χ0) is 29.9. The highest BCUT2D eigenvalue weighted by atomic mass is 32.2. The molecule has 0 spiro atoms. The summed E-state index contributed by atoms with van der Waals surface area (Å²) in [6.45, 7) is 4.06. The first-order valence-corrected chi connectivity index (χ1v) is 13.2. The average Bonchev–Trinajstić information content (AvgIpc) is 2.87. The molecular formula is C25H22F6N4O4S. The number of ether oxygens (including phenoxy) is 1. The van der Waals surface area contributed by atoms with Crippen LogP contribution in [0.25, 0.3) is 11.1 Å². The number of sulfone groups is 1. The SMILES string of the molecule is CCN(C(=NC(C)=O)c1ncc(-c2ccc(OC(F)(F)F)cc2)cc1S(=O)(=O)CC)c1ccc(C(F)(F)F)cn1. The Balaban J connectivity index is 2.16. The predicted octanol–water partition coefficient (Wildman–Crippen LogP) is 5.67. The number of anilines is 1. The number of hydrogen-bond donors (Lipinski definition) is 0. The van der Waals surface area contributed by atoms with Crippen molar-refractivity contribution in [2.45, 2.75) is 38.2 Å². The Hall–Kier alpha value is -4.01. The summed E-state index contributed by atoms with van der Waals surface area (Å²) in [7, 11) is -4.05. The zero-order valence-corrected chi connectivity index (χ0v) is 22.0. The maximum absolute atomic E-state index is 13.1. The third-order valence-electron chi connectivity index (χ3n) is 5.39. The van der Waals surface area contributed by atoms with Gasteiger partial charge in [0.25, 0.3) is 0 Å². The fraction of sp³-hybridized carbons (Fsp3) is 0.280. The van der Waals surface area contributed by atoms with Crippen molar-refractivity contribution in [2.75, 3.05) is 17.2 Å². The third-order valence-corrected chi connectivity index (χ3v) is 7.13. The second-order valence-electron chi connectivity index (χ2n) is 8.15. The van der Waals surface area contributed by atoms with Gasteiger partial charge in [-0.05, 0) is 42.8 Å². The summed E-state index contributed by atoms with van der Waals surface area (Å²) in [6, 6.07) is 7.69. The number of carbonyl (C=O) groups excluding carboxylic acids is 1. The Morgan fingerprint density at radius 2 is 1.60 bits per heavy atom. The van der Waals surface area contributed by atoms with Crippen molar-refractivity contribution in [3.8, 4) is 16.9 Å². The van der Waals surface area contributed by atoms with E-state index < -0.39 is 39.6 Å². The third kappa shape index (κ3) is 7.34. The average molecular weight is 589 g/mol. The smallest absolute Gasteiger partial charge is 0.406 e. The van der Waals surface area contributed by atoms with Crippen molar-refractivity contribution < 1.29 is 44.3 Å². The van der Waals surface area contributed by atoms with Gasteiger partial charge in [-0.25, -0.2) is 13.4 Å². The highest BCUT2D eigenvalue weighted by Crippen LogP contribution is 2.31. The first-order chi connectivity index (χ1) is 18.6. The van der Waals surface area contributed by atoms with Crippen LogP contribution >= 0.6 is 0 Å². The van der Waals surface area contributed by atoms with E-state index in [2.05, 4.69) is 19.7 Å². The lowest BCUT2D eigenvalue weighted by molar-refractivity contribution is -0.274. The number of aliphatic imine (C=N–C) groups is 1. The maximum Gasteiger partial charge on any atom is 0.573 e. The lowest BCUT2D eigenvalue weighted by Crippen LogP contribution is -2.35. The number of hydrogen-bond acceptors (Lipinski definition) is 6. The van der Waals surface area contributed by atoms with Crippen LogP contribution in [-0.4, -0.2) is 48.8 Å². The minimum Gasteiger partial charge on any atom is -0.406 e. The molecule has 0 unspecified atom stereocenters. The number of nitrogens with zero attached hydrogens (tertiary/aromatic N) is 4. The van der Waals surface area contributed by atoms with Crippen molar-refractivity contribution in [1.82, 2.24) is 9.97 Å². The molecule has 0 radical (unpaired) electrons. The molecule has 0 aliphatic heterocycles. The van der Waals surface area contributed by atoms with Crippen molar-refractivity contribution in [3.63, 3.8) is 0 Å². The largest absolute Gasteiger partial charge is 0.573 e. The number of aromatic nitrogens is 2. The molecule has 214 valence electrons. The number of amides is 1. The summed E-state index contributed by atoms with van der Waals surface area (Å²) in [5, 5.41) is 0. The molecule has 15 heteroatoms. The summed E-state index contributed by atoms with van der Waals surface area (Å²) < 4.78 is 107. The maximum atomic E-state index is 13.1. The van der Waals surface area contributed by atoms with E-state index >= 15 is 0 Å². The number of halogens is 6. The van der Waals surface area contributed by atoms with Crippen molar-refractivity contribution in [1.29, 1.82) is 0 Å². The molecule has 2 aromatic heterocycles. The van der Waals surface area contributed by atoms with E-state index in [1.807, 2.05) is 0 Å². The second-order valence-corrected chi connectivity index (χ2v) is 10.4. The number of alkyl halides is 6. The Labute approximate surface area is 225 Å². The standard InChI is InChI=1S/C25H22F6N4O4S/c1-4-35(21-11-8-18(14-32-21)24(26,27)28)23(34-15(3)36)22-20(40(37,38)5-2)12-17(13-33-22)16-6-9-19(10-7-16)39-25(29,30)31/h6-14H,4-5H2,1-3H3. The Morgan fingerprint density at radius 1 is 0.950 bits per heavy atom.